The van der Waals surface area contributed by atoms with E-state index in [9.17, 15) is 26.7 Å². The molecule has 2 aromatic heterocycles. The van der Waals surface area contributed by atoms with Crippen molar-refractivity contribution < 1.29 is 35.9 Å². The van der Waals surface area contributed by atoms with Gasteiger partial charge in [-0.15, -0.1) is 0 Å². The first kappa shape index (κ1) is 20.4. The molecule has 0 fully saturated rings. The maximum absolute atomic E-state index is 13.6. The van der Waals surface area contributed by atoms with Crippen LogP contribution in [0.15, 0.2) is 35.0 Å². The van der Waals surface area contributed by atoms with Gasteiger partial charge in [0.05, 0.1) is 0 Å². The number of halogens is 5. The number of hydrogen-bond acceptors (Lipinski definition) is 4. The summed E-state index contributed by atoms with van der Waals surface area (Å²) in [7, 11) is 0. The Hall–Kier alpha value is -3.37. The van der Waals surface area contributed by atoms with E-state index in [0.29, 0.717) is 19.5 Å². The third kappa shape index (κ3) is 4.55. The van der Waals surface area contributed by atoms with E-state index >= 15 is 0 Å². The zero-order valence-corrected chi connectivity index (χ0v) is 14.7. The highest BCUT2D eigenvalue weighted by atomic mass is 19.2. The van der Waals surface area contributed by atoms with Crippen LogP contribution >= 0.6 is 0 Å². The highest BCUT2D eigenvalue weighted by molar-refractivity contribution is 5.91. The van der Waals surface area contributed by atoms with E-state index in [-0.39, 0.29) is 11.5 Å². The van der Waals surface area contributed by atoms with Gasteiger partial charge in [-0.2, -0.15) is 13.9 Å². The van der Waals surface area contributed by atoms with Crippen molar-refractivity contribution in [2.24, 2.45) is 0 Å². The summed E-state index contributed by atoms with van der Waals surface area (Å²) in [6.07, 6.45) is 4.03. The van der Waals surface area contributed by atoms with Gasteiger partial charge >= 0.3 is 0 Å². The van der Waals surface area contributed by atoms with Gasteiger partial charge in [0.15, 0.2) is 11.5 Å². The largest absolute Gasteiger partial charge is 0.479 e. The van der Waals surface area contributed by atoms with Gasteiger partial charge in [-0.1, -0.05) is 0 Å². The quantitative estimate of drug-likeness (QED) is 0.264. The maximum atomic E-state index is 13.6. The number of benzene rings is 1. The monoisotopic (exact) mass is 415 g/mol. The molecule has 0 aliphatic carbocycles. The van der Waals surface area contributed by atoms with Crippen LogP contribution < -0.4 is 10.1 Å². The Kier molecular flexibility index (Phi) is 6.15. The Labute approximate surface area is 160 Å². The zero-order valence-electron chi connectivity index (χ0n) is 14.7. The van der Waals surface area contributed by atoms with Gasteiger partial charge in [0.2, 0.25) is 29.1 Å². The minimum atomic E-state index is -2.28. The molecule has 11 heteroatoms. The van der Waals surface area contributed by atoms with Crippen LogP contribution in [-0.4, -0.2) is 22.2 Å². The molecule has 0 saturated heterocycles. The zero-order chi connectivity index (χ0) is 21.0. The minimum absolute atomic E-state index is 0.0457. The first-order valence-corrected chi connectivity index (χ1v) is 8.37. The molecular weight excluding hydrogens is 401 g/mol. The van der Waals surface area contributed by atoms with Crippen molar-refractivity contribution in [2.75, 3.05) is 6.54 Å². The Morgan fingerprint density at radius 3 is 2.41 bits per heavy atom. The van der Waals surface area contributed by atoms with Crippen LogP contribution in [0, 0.1) is 29.1 Å². The van der Waals surface area contributed by atoms with E-state index in [1.54, 1.807) is 23.1 Å². The molecule has 2 heterocycles. The maximum Gasteiger partial charge on any atom is 0.286 e. The van der Waals surface area contributed by atoms with E-state index in [4.69, 9.17) is 4.42 Å². The topological polar surface area (TPSA) is 69.3 Å². The van der Waals surface area contributed by atoms with Crippen molar-refractivity contribution in [1.82, 2.24) is 15.1 Å². The van der Waals surface area contributed by atoms with E-state index in [0.717, 1.165) is 0 Å². The summed E-state index contributed by atoms with van der Waals surface area (Å²) in [5.41, 5.74) is 0. The smallest absolute Gasteiger partial charge is 0.286 e. The molecule has 1 amide bonds. The lowest BCUT2D eigenvalue weighted by Gasteiger charge is -2.09. The summed E-state index contributed by atoms with van der Waals surface area (Å²) in [4.78, 5) is 12.0. The second-order valence-corrected chi connectivity index (χ2v) is 5.83. The van der Waals surface area contributed by atoms with Gasteiger partial charge in [0, 0.05) is 25.5 Å². The van der Waals surface area contributed by atoms with Crippen molar-refractivity contribution in [2.45, 2.75) is 19.6 Å². The Morgan fingerprint density at radius 2 is 1.76 bits per heavy atom. The summed E-state index contributed by atoms with van der Waals surface area (Å²) in [6.45, 7) is 0.299. The van der Waals surface area contributed by atoms with Crippen LogP contribution in [0.3, 0.4) is 0 Å². The van der Waals surface area contributed by atoms with E-state index in [1.165, 1.54) is 12.1 Å². The fourth-order valence-electron chi connectivity index (χ4n) is 2.40. The van der Waals surface area contributed by atoms with Gasteiger partial charge < -0.3 is 14.5 Å². The Morgan fingerprint density at radius 1 is 1.07 bits per heavy atom. The molecule has 0 unspecified atom stereocenters. The number of aryl methyl sites for hydroxylation is 1. The van der Waals surface area contributed by atoms with Crippen molar-refractivity contribution in [3.63, 3.8) is 0 Å². The SMILES string of the molecule is O=C(NCCCn1cccn1)c1ccc(COc2c(F)c(F)c(F)c(F)c2F)o1. The van der Waals surface area contributed by atoms with Crippen LogP contribution in [0.2, 0.25) is 0 Å². The van der Waals surface area contributed by atoms with Gasteiger partial charge in [-0.3, -0.25) is 9.48 Å². The number of carbonyl (C=O) groups excluding carboxylic acids is 1. The number of hydrogen-bond donors (Lipinski definition) is 1. The normalized spacial score (nSPS) is 10.9. The number of carbonyl (C=O) groups is 1. The standard InChI is InChI=1S/C18H14F5N3O3/c19-12-13(20)15(22)17(16(23)14(12)21)28-9-10-3-4-11(29-10)18(27)24-5-1-7-26-8-2-6-25-26/h2-4,6,8H,1,5,7,9H2,(H,24,27). The third-order valence-electron chi connectivity index (χ3n) is 3.82. The third-order valence-corrected chi connectivity index (χ3v) is 3.82. The highest BCUT2D eigenvalue weighted by Crippen LogP contribution is 2.29. The number of nitrogens with one attached hydrogen (secondary N) is 1. The first-order valence-electron chi connectivity index (χ1n) is 8.37. The molecule has 154 valence electrons. The lowest BCUT2D eigenvalue weighted by atomic mass is 10.2. The highest BCUT2D eigenvalue weighted by Gasteiger charge is 2.27. The van der Waals surface area contributed by atoms with Gasteiger partial charge in [-0.25, -0.2) is 13.2 Å². The number of furan rings is 1. The second kappa shape index (κ2) is 8.76. The molecule has 0 atom stereocenters. The first-order chi connectivity index (χ1) is 13.9. The summed E-state index contributed by atoms with van der Waals surface area (Å²) < 4.78 is 78.0. The Bertz CT molecular complexity index is 976. The molecule has 0 aliphatic rings. The van der Waals surface area contributed by atoms with E-state index in [2.05, 4.69) is 15.2 Å². The van der Waals surface area contributed by atoms with Crippen molar-refractivity contribution >= 4 is 5.91 Å². The van der Waals surface area contributed by atoms with Crippen molar-refractivity contribution in [3.8, 4) is 5.75 Å². The summed E-state index contributed by atoms with van der Waals surface area (Å²) >= 11 is 0. The molecule has 3 rings (SSSR count). The summed E-state index contributed by atoms with van der Waals surface area (Å²) in [5.74, 6) is -12.8. The molecule has 0 spiro atoms. The lowest BCUT2D eigenvalue weighted by Crippen LogP contribution is -2.24. The fourth-order valence-corrected chi connectivity index (χ4v) is 2.40. The molecule has 29 heavy (non-hydrogen) atoms. The number of ether oxygens (including phenoxy) is 1. The van der Waals surface area contributed by atoms with E-state index < -0.39 is 47.3 Å². The molecule has 1 N–H and O–H groups in total. The molecule has 0 bridgehead atoms. The van der Waals surface area contributed by atoms with Gasteiger partial charge in [-0.05, 0) is 24.6 Å². The summed E-state index contributed by atoms with van der Waals surface area (Å²) in [6, 6.07) is 4.35. The molecule has 3 aromatic rings. The average Bonchev–Trinajstić information content (AvgIpc) is 3.40. The number of rotatable bonds is 8. The van der Waals surface area contributed by atoms with Crippen LogP contribution in [0.25, 0.3) is 0 Å². The molecular formula is C18H14F5N3O3. The van der Waals surface area contributed by atoms with Gasteiger partial charge in [0.1, 0.15) is 12.4 Å². The van der Waals surface area contributed by atoms with Crippen molar-refractivity contribution in [1.29, 1.82) is 0 Å². The van der Waals surface area contributed by atoms with Crippen LogP contribution in [0.4, 0.5) is 22.0 Å². The predicted molar refractivity (Wildman–Crippen MR) is 88.4 cm³/mol. The van der Waals surface area contributed by atoms with Crippen molar-refractivity contribution in [3.05, 3.63) is 71.2 Å². The predicted octanol–water partition coefficient (Wildman–Crippen LogP) is 3.57. The summed E-state index contributed by atoms with van der Waals surface area (Å²) in [5, 5.41) is 6.63. The second-order valence-electron chi connectivity index (χ2n) is 5.83. The minimum Gasteiger partial charge on any atom is -0.479 e. The molecule has 1 aromatic carbocycles. The van der Waals surface area contributed by atoms with Crippen LogP contribution in [0.5, 0.6) is 5.75 Å². The fraction of sp³-hybridized carbons (Fsp3) is 0.222. The lowest BCUT2D eigenvalue weighted by molar-refractivity contribution is 0.0920. The molecule has 0 radical (unpaired) electrons. The van der Waals surface area contributed by atoms with Gasteiger partial charge in [0.25, 0.3) is 5.91 Å². The molecule has 0 saturated carbocycles. The number of nitrogens with zero attached hydrogens (tertiary/aromatic N) is 2. The number of aromatic nitrogens is 2. The van der Waals surface area contributed by atoms with Crippen LogP contribution in [0.1, 0.15) is 22.7 Å². The molecule has 6 nitrogen and oxygen atoms in total. The average molecular weight is 415 g/mol. The number of amides is 1. The van der Waals surface area contributed by atoms with E-state index in [1.807, 2.05) is 0 Å². The van der Waals surface area contributed by atoms with Crippen LogP contribution in [-0.2, 0) is 13.2 Å². The Balaban J connectivity index is 1.54. The molecule has 0 aliphatic heterocycles.